The van der Waals surface area contributed by atoms with E-state index in [2.05, 4.69) is 39.9 Å². The first-order valence-electron chi connectivity index (χ1n) is 7.45. The Balaban J connectivity index is 2.28. The van der Waals surface area contributed by atoms with Crippen molar-refractivity contribution in [2.24, 2.45) is 0 Å². The normalized spacial score (nSPS) is 26.6. The Morgan fingerprint density at radius 3 is 2.55 bits per heavy atom. The summed E-state index contributed by atoms with van der Waals surface area (Å²) in [5, 5.41) is 5.21. The standard InChI is InChI=1S/C15H25N3S2/c1-6-12-9(3)17-15(18-14(12)16-7-2)13-8-19-10(4)11(5)20-13/h10-11,13H,6-8H2,1-5H3,(H,16,17,18). The van der Waals surface area contributed by atoms with Crippen LogP contribution in [0.15, 0.2) is 0 Å². The largest absolute Gasteiger partial charge is 0.370 e. The van der Waals surface area contributed by atoms with Crippen LogP contribution in [0.3, 0.4) is 0 Å². The number of nitrogens with zero attached hydrogens (tertiary/aromatic N) is 2. The second kappa shape index (κ2) is 7.03. The van der Waals surface area contributed by atoms with Crippen LogP contribution >= 0.6 is 23.5 Å². The van der Waals surface area contributed by atoms with Crippen LogP contribution in [-0.4, -0.2) is 32.8 Å². The number of thioether (sulfide) groups is 2. The Labute approximate surface area is 131 Å². The van der Waals surface area contributed by atoms with Gasteiger partial charge in [0.1, 0.15) is 11.6 Å². The molecule has 1 aromatic heterocycles. The zero-order valence-electron chi connectivity index (χ0n) is 13.1. The van der Waals surface area contributed by atoms with E-state index >= 15 is 0 Å². The van der Waals surface area contributed by atoms with Crippen LogP contribution in [0, 0.1) is 6.92 Å². The van der Waals surface area contributed by atoms with Crippen LogP contribution in [0.4, 0.5) is 5.82 Å². The van der Waals surface area contributed by atoms with Crippen molar-refractivity contribution in [3.8, 4) is 0 Å². The van der Waals surface area contributed by atoms with Crippen molar-refractivity contribution in [1.82, 2.24) is 9.97 Å². The van der Waals surface area contributed by atoms with Crippen LogP contribution < -0.4 is 5.32 Å². The molecule has 0 amide bonds. The van der Waals surface area contributed by atoms with Gasteiger partial charge in [-0.15, -0.1) is 11.8 Å². The van der Waals surface area contributed by atoms with Crippen molar-refractivity contribution in [1.29, 1.82) is 0 Å². The first-order valence-corrected chi connectivity index (χ1v) is 9.44. The molecule has 112 valence electrons. The van der Waals surface area contributed by atoms with Crippen LogP contribution in [0.1, 0.15) is 50.0 Å². The zero-order valence-corrected chi connectivity index (χ0v) is 14.7. The first-order chi connectivity index (χ1) is 9.56. The number of aromatic nitrogens is 2. The van der Waals surface area contributed by atoms with E-state index in [9.17, 15) is 0 Å². The van der Waals surface area contributed by atoms with Crippen molar-refractivity contribution >= 4 is 29.3 Å². The van der Waals surface area contributed by atoms with Gasteiger partial charge in [0.25, 0.3) is 0 Å². The molecule has 1 aliphatic rings. The fourth-order valence-electron chi connectivity index (χ4n) is 2.42. The van der Waals surface area contributed by atoms with E-state index < -0.39 is 0 Å². The molecule has 3 unspecified atom stereocenters. The molecule has 1 aliphatic heterocycles. The predicted molar refractivity (Wildman–Crippen MR) is 92.0 cm³/mol. The highest BCUT2D eigenvalue weighted by atomic mass is 32.2. The molecule has 0 aromatic carbocycles. The van der Waals surface area contributed by atoms with Crippen LogP contribution in [0.5, 0.6) is 0 Å². The maximum Gasteiger partial charge on any atom is 0.144 e. The van der Waals surface area contributed by atoms with Crippen LogP contribution in [0.25, 0.3) is 0 Å². The number of nitrogens with one attached hydrogen (secondary N) is 1. The maximum atomic E-state index is 4.82. The van der Waals surface area contributed by atoms with Gasteiger partial charge >= 0.3 is 0 Å². The fourth-order valence-corrected chi connectivity index (χ4v) is 5.26. The molecule has 0 saturated carbocycles. The van der Waals surface area contributed by atoms with Crippen molar-refractivity contribution in [3.63, 3.8) is 0 Å². The van der Waals surface area contributed by atoms with Crippen molar-refractivity contribution in [2.75, 3.05) is 17.6 Å². The molecule has 0 radical (unpaired) electrons. The lowest BCUT2D eigenvalue weighted by atomic mass is 10.1. The smallest absolute Gasteiger partial charge is 0.144 e. The predicted octanol–water partition coefficient (Wildman–Crippen LogP) is 4.08. The lowest BCUT2D eigenvalue weighted by Gasteiger charge is -2.30. The monoisotopic (exact) mass is 311 g/mol. The Morgan fingerprint density at radius 2 is 1.95 bits per heavy atom. The molecule has 2 rings (SSSR count). The average molecular weight is 312 g/mol. The summed E-state index contributed by atoms with van der Waals surface area (Å²) in [6.07, 6.45) is 0.981. The molecule has 0 spiro atoms. The van der Waals surface area contributed by atoms with Gasteiger partial charge in [0, 0.05) is 34.1 Å². The Morgan fingerprint density at radius 1 is 1.20 bits per heavy atom. The molecule has 1 N–H and O–H groups in total. The van der Waals surface area contributed by atoms with Crippen molar-refractivity contribution in [2.45, 2.75) is 56.8 Å². The molecular formula is C15H25N3S2. The Kier molecular flexibility index (Phi) is 5.61. The van der Waals surface area contributed by atoms with Crippen LogP contribution in [-0.2, 0) is 6.42 Å². The lowest BCUT2D eigenvalue weighted by molar-refractivity contribution is 0.841. The van der Waals surface area contributed by atoms with Gasteiger partial charge < -0.3 is 5.32 Å². The molecule has 2 heterocycles. The van der Waals surface area contributed by atoms with Crippen LogP contribution in [0.2, 0.25) is 0 Å². The molecule has 3 atom stereocenters. The summed E-state index contributed by atoms with van der Waals surface area (Å²) in [6.45, 7) is 11.9. The number of anilines is 1. The van der Waals surface area contributed by atoms with E-state index in [0.717, 1.165) is 41.3 Å². The highest BCUT2D eigenvalue weighted by molar-refractivity contribution is 8.07. The van der Waals surface area contributed by atoms with Gasteiger partial charge in [-0.25, -0.2) is 9.97 Å². The Hall–Kier alpha value is -0.420. The highest BCUT2D eigenvalue weighted by Crippen LogP contribution is 2.43. The summed E-state index contributed by atoms with van der Waals surface area (Å²) in [6, 6.07) is 0. The van der Waals surface area contributed by atoms with Gasteiger partial charge in [-0.05, 0) is 20.3 Å². The first kappa shape index (κ1) is 16.0. The third-order valence-electron chi connectivity index (χ3n) is 3.77. The SMILES string of the molecule is CCNc1nc(C2CSC(C)C(C)S2)nc(C)c1CC. The minimum absolute atomic E-state index is 0.424. The molecule has 1 fully saturated rings. The number of hydrogen-bond acceptors (Lipinski definition) is 5. The minimum atomic E-state index is 0.424. The molecule has 0 aliphatic carbocycles. The number of hydrogen-bond donors (Lipinski definition) is 1. The van der Waals surface area contributed by atoms with E-state index in [1.165, 1.54) is 5.56 Å². The maximum absolute atomic E-state index is 4.82. The van der Waals surface area contributed by atoms with E-state index in [1.807, 2.05) is 23.5 Å². The van der Waals surface area contributed by atoms with E-state index in [0.29, 0.717) is 10.5 Å². The minimum Gasteiger partial charge on any atom is -0.370 e. The second-order valence-corrected chi connectivity index (χ2v) is 8.24. The fraction of sp³-hybridized carbons (Fsp3) is 0.733. The van der Waals surface area contributed by atoms with Gasteiger partial charge in [-0.3, -0.25) is 0 Å². The quantitative estimate of drug-likeness (QED) is 0.907. The average Bonchev–Trinajstić information content (AvgIpc) is 2.42. The molecule has 20 heavy (non-hydrogen) atoms. The third kappa shape index (κ3) is 3.42. The summed E-state index contributed by atoms with van der Waals surface area (Å²) in [4.78, 5) is 9.61. The zero-order chi connectivity index (χ0) is 14.7. The summed E-state index contributed by atoms with van der Waals surface area (Å²) in [5.74, 6) is 3.16. The van der Waals surface area contributed by atoms with E-state index in [-0.39, 0.29) is 0 Å². The summed E-state index contributed by atoms with van der Waals surface area (Å²) >= 11 is 4.07. The number of aryl methyl sites for hydroxylation is 1. The summed E-state index contributed by atoms with van der Waals surface area (Å²) < 4.78 is 0. The van der Waals surface area contributed by atoms with Gasteiger partial charge in [0.15, 0.2) is 0 Å². The van der Waals surface area contributed by atoms with Gasteiger partial charge in [-0.1, -0.05) is 20.8 Å². The second-order valence-electron chi connectivity index (χ2n) is 5.25. The number of rotatable bonds is 4. The summed E-state index contributed by atoms with van der Waals surface area (Å²) in [7, 11) is 0. The topological polar surface area (TPSA) is 37.8 Å². The molecule has 0 bridgehead atoms. The molecule has 5 heteroatoms. The lowest BCUT2D eigenvalue weighted by Crippen LogP contribution is -2.23. The van der Waals surface area contributed by atoms with Crippen molar-refractivity contribution in [3.05, 3.63) is 17.1 Å². The van der Waals surface area contributed by atoms with Gasteiger partial charge in [0.05, 0.1) is 5.25 Å². The Bertz CT molecular complexity index is 465. The molecule has 3 nitrogen and oxygen atoms in total. The molecule has 1 saturated heterocycles. The van der Waals surface area contributed by atoms with Crippen molar-refractivity contribution < 1.29 is 0 Å². The third-order valence-corrected chi connectivity index (χ3v) is 7.15. The van der Waals surface area contributed by atoms with Gasteiger partial charge in [-0.2, -0.15) is 11.8 Å². The van der Waals surface area contributed by atoms with E-state index in [1.54, 1.807) is 0 Å². The van der Waals surface area contributed by atoms with Gasteiger partial charge in [0.2, 0.25) is 0 Å². The summed E-state index contributed by atoms with van der Waals surface area (Å²) in [5.41, 5.74) is 2.39. The molecule has 1 aromatic rings. The molecular weight excluding hydrogens is 286 g/mol. The van der Waals surface area contributed by atoms with E-state index in [4.69, 9.17) is 9.97 Å². The highest BCUT2D eigenvalue weighted by Gasteiger charge is 2.29.